The van der Waals surface area contributed by atoms with Crippen molar-refractivity contribution in [1.82, 2.24) is 5.32 Å². The third-order valence-electron chi connectivity index (χ3n) is 3.20. The largest absolute Gasteiger partial charge is 0.459 e. The van der Waals surface area contributed by atoms with E-state index in [4.69, 9.17) is 4.42 Å². The fourth-order valence-corrected chi connectivity index (χ4v) is 2.38. The summed E-state index contributed by atoms with van der Waals surface area (Å²) >= 11 is 0. The van der Waals surface area contributed by atoms with Crippen LogP contribution in [0.4, 0.5) is 0 Å². The first-order valence-electron chi connectivity index (χ1n) is 6.48. The van der Waals surface area contributed by atoms with Crippen molar-refractivity contribution in [2.45, 2.75) is 39.7 Å². The van der Waals surface area contributed by atoms with Crippen molar-refractivity contribution in [3.05, 3.63) is 35.1 Å². The number of fused-ring (bicyclic) bond motifs is 1. The maximum absolute atomic E-state index is 6.05. The van der Waals surface area contributed by atoms with Gasteiger partial charge in [0, 0.05) is 10.9 Å². The Kier molecular flexibility index (Phi) is 3.85. The van der Waals surface area contributed by atoms with E-state index in [2.05, 4.69) is 37.4 Å². The third-order valence-corrected chi connectivity index (χ3v) is 3.20. The van der Waals surface area contributed by atoms with Crippen LogP contribution in [-0.4, -0.2) is 7.05 Å². The van der Waals surface area contributed by atoms with Crippen LogP contribution in [0, 0.1) is 0 Å². The first kappa shape index (κ1) is 12.2. The van der Waals surface area contributed by atoms with E-state index in [1.165, 1.54) is 16.5 Å². The van der Waals surface area contributed by atoms with Crippen LogP contribution >= 0.6 is 0 Å². The van der Waals surface area contributed by atoms with Crippen molar-refractivity contribution < 1.29 is 4.42 Å². The van der Waals surface area contributed by atoms with E-state index in [1.807, 2.05) is 7.05 Å². The predicted octanol–water partition coefficient (Wildman–Crippen LogP) is 3.67. The van der Waals surface area contributed by atoms with Gasteiger partial charge in [-0.1, -0.05) is 38.5 Å². The molecule has 0 amide bonds. The molecule has 0 spiro atoms. The fraction of sp³-hybridized carbons (Fsp3) is 0.467. The van der Waals surface area contributed by atoms with Gasteiger partial charge in [-0.3, -0.25) is 0 Å². The van der Waals surface area contributed by atoms with Crippen LogP contribution < -0.4 is 5.32 Å². The maximum atomic E-state index is 6.05. The van der Waals surface area contributed by atoms with E-state index in [0.717, 1.165) is 37.2 Å². The monoisotopic (exact) mass is 231 g/mol. The van der Waals surface area contributed by atoms with Gasteiger partial charge in [0.2, 0.25) is 0 Å². The molecule has 0 aliphatic heterocycles. The van der Waals surface area contributed by atoms with Gasteiger partial charge >= 0.3 is 0 Å². The third kappa shape index (κ3) is 2.22. The molecule has 2 nitrogen and oxygen atoms in total. The van der Waals surface area contributed by atoms with Crippen LogP contribution in [0.25, 0.3) is 11.0 Å². The molecule has 0 aliphatic carbocycles. The molecule has 0 saturated carbocycles. The van der Waals surface area contributed by atoms with Gasteiger partial charge in [0.15, 0.2) is 0 Å². The standard InChI is InChI=1S/C15H21NO/c1-4-7-12-13-9-6-8-11(5-2)15(13)17-14(12)10-16-3/h6,8-9,16H,4-5,7,10H2,1-3H3. The molecular weight excluding hydrogens is 210 g/mol. The number of hydrogen-bond donors (Lipinski definition) is 1. The summed E-state index contributed by atoms with van der Waals surface area (Å²) in [4.78, 5) is 0. The summed E-state index contributed by atoms with van der Waals surface area (Å²) in [5.74, 6) is 1.10. The molecule has 17 heavy (non-hydrogen) atoms. The van der Waals surface area contributed by atoms with Gasteiger partial charge in [0.25, 0.3) is 0 Å². The Hall–Kier alpha value is -1.28. The minimum atomic E-state index is 0.813. The number of rotatable bonds is 5. The first-order chi connectivity index (χ1) is 8.31. The van der Waals surface area contributed by atoms with E-state index in [9.17, 15) is 0 Å². The lowest BCUT2D eigenvalue weighted by Gasteiger charge is -2.00. The Balaban J connectivity index is 2.60. The Morgan fingerprint density at radius 3 is 2.71 bits per heavy atom. The molecule has 0 atom stereocenters. The quantitative estimate of drug-likeness (QED) is 0.849. The van der Waals surface area contributed by atoms with Crippen LogP contribution in [0.2, 0.25) is 0 Å². The summed E-state index contributed by atoms with van der Waals surface area (Å²) in [6.45, 7) is 5.20. The summed E-state index contributed by atoms with van der Waals surface area (Å²) in [5.41, 5.74) is 3.78. The molecule has 92 valence electrons. The number of hydrogen-bond acceptors (Lipinski definition) is 2. The van der Waals surface area contributed by atoms with Gasteiger partial charge in [-0.05, 0) is 25.5 Å². The minimum Gasteiger partial charge on any atom is -0.459 e. The summed E-state index contributed by atoms with van der Waals surface area (Å²) in [6, 6.07) is 6.48. The Morgan fingerprint density at radius 1 is 1.24 bits per heavy atom. The number of benzene rings is 1. The highest BCUT2D eigenvalue weighted by atomic mass is 16.3. The zero-order valence-electron chi connectivity index (χ0n) is 11.0. The van der Waals surface area contributed by atoms with Crippen molar-refractivity contribution in [3.63, 3.8) is 0 Å². The summed E-state index contributed by atoms with van der Waals surface area (Å²) in [5, 5.41) is 4.49. The molecule has 2 heteroatoms. The first-order valence-corrected chi connectivity index (χ1v) is 6.48. The fourth-order valence-electron chi connectivity index (χ4n) is 2.38. The zero-order chi connectivity index (χ0) is 12.3. The maximum Gasteiger partial charge on any atom is 0.137 e. The topological polar surface area (TPSA) is 25.2 Å². The lowest BCUT2D eigenvalue weighted by atomic mass is 10.0. The average Bonchev–Trinajstić information content (AvgIpc) is 2.69. The van der Waals surface area contributed by atoms with Crippen molar-refractivity contribution in [2.75, 3.05) is 7.05 Å². The average molecular weight is 231 g/mol. The van der Waals surface area contributed by atoms with Crippen LogP contribution in [0.15, 0.2) is 22.6 Å². The zero-order valence-corrected chi connectivity index (χ0v) is 11.0. The molecule has 1 heterocycles. The van der Waals surface area contributed by atoms with Gasteiger partial charge < -0.3 is 9.73 Å². The molecule has 2 rings (SSSR count). The highest BCUT2D eigenvalue weighted by Gasteiger charge is 2.14. The Labute approximate surface area is 103 Å². The van der Waals surface area contributed by atoms with Crippen LogP contribution in [0.1, 0.15) is 37.2 Å². The lowest BCUT2D eigenvalue weighted by molar-refractivity contribution is 0.521. The van der Waals surface area contributed by atoms with E-state index in [-0.39, 0.29) is 0 Å². The van der Waals surface area contributed by atoms with E-state index in [0.29, 0.717) is 0 Å². The normalized spacial score (nSPS) is 11.2. The Morgan fingerprint density at radius 2 is 2.06 bits per heavy atom. The second kappa shape index (κ2) is 5.37. The van der Waals surface area contributed by atoms with E-state index < -0.39 is 0 Å². The van der Waals surface area contributed by atoms with Crippen molar-refractivity contribution >= 4 is 11.0 Å². The molecule has 0 fully saturated rings. The molecule has 1 aromatic heterocycles. The van der Waals surface area contributed by atoms with Crippen LogP contribution in [-0.2, 0) is 19.4 Å². The highest BCUT2D eigenvalue weighted by Crippen LogP contribution is 2.29. The number of aryl methyl sites for hydroxylation is 2. The van der Waals surface area contributed by atoms with Crippen molar-refractivity contribution in [1.29, 1.82) is 0 Å². The summed E-state index contributed by atoms with van der Waals surface area (Å²) < 4.78 is 6.05. The second-order valence-electron chi connectivity index (χ2n) is 4.43. The van der Waals surface area contributed by atoms with E-state index >= 15 is 0 Å². The van der Waals surface area contributed by atoms with Gasteiger partial charge in [-0.25, -0.2) is 0 Å². The molecule has 0 unspecified atom stereocenters. The number of para-hydroxylation sites is 1. The summed E-state index contributed by atoms with van der Waals surface area (Å²) in [6.07, 6.45) is 3.27. The minimum absolute atomic E-state index is 0.813. The molecular formula is C15H21NO. The van der Waals surface area contributed by atoms with Gasteiger partial charge in [0.05, 0.1) is 6.54 Å². The molecule has 1 aromatic carbocycles. The van der Waals surface area contributed by atoms with E-state index in [1.54, 1.807) is 0 Å². The lowest BCUT2D eigenvalue weighted by Crippen LogP contribution is -2.05. The van der Waals surface area contributed by atoms with Crippen LogP contribution in [0.5, 0.6) is 0 Å². The van der Waals surface area contributed by atoms with Crippen molar-refractivity contribution in [3.8, 4) is 0 Å². The SMILES string of the molecule is CCCc1c(CNC)oc2c(CC)cccc12. The Bertz CT molecular complexity index is 499. The number of furan rings is 1. The molecule has 0 bridgehead atoms. The molecule has 1 N–H and O–H groups in total. The number of nitrogens with one attached hydrogen (secondary N) is 1. The highest BCUT2D eigenvalue weighted by molar-refractivity contribution is 5.85. The van der Waals surface area contributed by atoms with Crippen molar-refractivity contribution in [2.24, 2.45) is 0 Å². The van der Waals surface area contributed by atoms with Gasteiger partial charge in [0.1, 0.15) is 11.3 Å². The smallest absolute Gasteiger partial charge is 0.137 e. The predicted molar refractivity (Wildman–Crippen MR) is 72.4 cm³/mol. The molecule has 2 aromatic rings. The molecule has 0 radical (unpaired) electrons. The van der Waals surface area contributed by atoms with Gasteiger partial charge in [-0.2, -0.15) is 0 Å². The molecule has 0 saturated heterocycles. The van der Waals surface area contributed by atoms with Gasteiger partial charge in [-0.15, -0.1) is 0 Å². The molecule has 0 aliphatic rings. The second-order valence-corrected chi connectivity index (χ2v) is 4.43. The van der Waals surface area contributed by atoms with Crippen LogP contribution in [0.3, 0.4) is 0 Å². The summed E-state index contributed by atoms with van der Waals surface area (Å²) in [7, 11) is 1.96.